The Kier molecular flexibility index (Phi) is 3.44. The summed E-state index contributed by atoms with van der Waals surface area (Å²) in [6, 6.07) is 20.1. The third kappa shape index (κ3) is 2.40. The Labute approximate surface area is 124 Å². The predicted octanol–water partition coefficient (Wildman–Crippen LogP) is 4.60. The topological polar surface area (TPSA) is 26.3 Å². The zero-order valence-electron chi connectivity index (χ0n) is 12.1. The highest BCUT2D eigenvalue weighted by molar-refractivity contribution is 5.99. The van der Waals surface area contributed by atoms with Crippen LogP contribution < -0.4 is 0 Å². The summed E-state index contributed by atoms with van der Waals surface area (Å²) in [6.07, 6.45) is 0. The van der Waals surface area contributed by atoms with Crippen LogP contribution in [-0.4, -0.2) is 13.1 Å². The molecule has 104 valence electrons. The predicted molar refractivity (Wildman–Crippen MR) is 85.5 cm³/mol. The summed E-state index contributed by atoms with van der Waals surface area (Å²) in [5, 5.41) is 2.48. The minimum Gasteiger partial charge on any atom is -0.465 e. The number of carbonyl (C=O) groups is 1. The van der Waals surface area contributed by atoms with E-state index in [0.717, 1.165) is 5.56 Å². The minimum atomic E-state index is -0.310. The van der Waals surface area contributed by atoms with Gasteiger partial charge in [-0.25, -0.2) is 4.79 Å². The van der Waals surface area contributed by atoms with Gasteiger partial charge in [-0.15, -0.1) is 0 Å². The van der Waals surface area contributed by atoms with Crippen molar-refractivity contribution >= 4 is 16.7 Å². The highest BCUT2D eigenvalue weighted by atomic mass is 16.5. The Hall–Kier alpha value is -2.61. The van der Waals surface area contributed by atoms with Crippen molar-refractivity contribution in [1.82, 2.24) is 0 Å². The quantitative estimate of drug-likeness (QED) is 0.639. The zero-order valence-corrected chi connectivity index (χ0v) is 12.1. The van der Waals surface area contributed by atoms with Crippen LogP contribution >= 0.6 is 0 Å². The second-order valence-electron chi connectivity index (χ2n) is 5.05. The first-order valence-corrected chi connectivity index (χ1v) is 6.88. The summed E-state index contributed by atoms with van der Waals surface area (Å²) in [5.41, 5.74) is 4.10. The van der Waals surface area contributed by atoms with E-state index in [2.05, 4.69) is 43.3 Å². The molecule has 0 N–H and O–H groups in total. The lowest BCUT2D eigenvalue weighted by molar-refractivity contribution is 0.0601. The molecule has 0 aromatic heterocycles. The summed E-state index contributed by atoms with van der Waals surface area (Å²) in [6.45, 7) is 2.12. The lowest BCUT2D eigenvalue weighted by atomic mass is 9.95. The van der Waals surface area contributed by atoms with Crippen LogP contribution in [0.3, 0.4) is 0 Å². The number of methoxy groups -OCH3 is 1. The third-order valence-electron chi connectivity index (χ3n) is 3.73. The molecule has 0 aliphatic carbocycles. The lowest BCUT2D eigenvalue weighted by Crippen LogP contribution is -2.00. The molecule has 3 aromatic carbocycles. The van der Waals surface area contributed by atoms with Crippen molar-refractivity contribution in [2.45, 2.75) is 6.92 Å². The van der Waals surface area contributed by atoms with Gasteiger partial charge in [0.2, 0.25) is 0 Å². The van der Waals surface area contributed by atoms with Crippen LogP contribution in [0.5, 0.6) is 0 Å². The molecule has 0 saturated heterocycles. The molecule has 0 amide bonds. The number of esters is 1. The molecule has 0 radical (unpaired) electrons. The summed E-state index contributed by atoms with van der Waals surface area (Å²) < 4.78 is 4.73. The Morgan fingerprint density at radius 3 is 2.24 bits per heavy atom. The first-order valence-electron chi connectivity index (χ1n) is 6.88. The van der Waals surface area contributed by atoms with Gasteiger partial charge in [-0.05, 0) is 46.5 Å². The van der Waals surface area contributed by atoms with E-state index < -0.39 is 0 Å². The number of ether oxygens (including phenoxy) is 1. The Morgan fingerprint density at radius 2 is 1.57 bits per heavy atom. The van der Waals surface area contributed by atoms with Crippen LogP contribution in [-0.2, 0) is 4.74 Å². The molecular weight excluding hydrogens is 260 g/mol. The van der Waals surface area contributed by atoms with E-state index in [-0.39, 0.29) is 5.97 Å². The van der Waals surface area contributed by atoms with Crippen molar-refractivity contribution in [3.8, 4) is 11.1 Å². The van der Waals surface area contributed by atoms with Crippen LogP contribution in [0.15, 0.2) is 60.7 Å². The average molecular weight is 276 g/mol. The van der Waals surface area contributed by atoms with Gasteiger partial charge in [0.15, 0.2) is 0 Å². The van der Waals surface area contributed by atoms with Gasteiger partial charge in [0, 0.05) is 0 Å². The number of benzene rings is 3. The van der Waals surface area contributed by atoms with E-state index in [9.17, 15) is 4.79 Å². The minimum absolute atomic E-state index is 0.310. The van der Waals surface area contributed by atoms with E-state index in [1.807, 2.05) is 12.1 Å². The van der Waals surface area contributed by atoms with E-state index >= 15 is 0 Å². The van der Waals surface area contributed by atoms with Crippen molar-refractivity contribution < 1.29 is 9.53 Å². The maximum atomic E-state index is 11.5. The van der Waals surface area contributed by atoms with Crippen LogP contribution in [0.25, 0.3) is 21.9 Å². The number of fused-ring (bicyclic) bond motifs is 1. The Morgan fingerprint density at radius 1 is 0.905 bits per heavy atom. The summed E-state index contributed by atoms with van der Waals surface area (Å²) in [4.78, 5) is 11.5. The molecule has 0 aliphatic heterocycles. The largest absolute Gasteiger partial charge is 0.465 e. The smallest absolute Gasteiger partial charge is 0.337 e. The molecule has 21 heavy (non-hydrogen) atoms. The number of aryl methyl sites for hydroxylation is 1. The second kappa shape index (κ2) is 5.41. The van der Waals surface area contributed by atoms with Crippen LogP contribution in [0.1, 0.15) is 15.9 Å². The maximum Gasteiger partial charge on any atom is 0.337 e. The van der Waals surface area contributed by atoms with Crippen molar-refractivity contribution in [3.05, 3.63) is 71.8 Å². The molecule has 0 heterocycles. The van der Waals surface area contributed by atoms with E-state index in [1.54, 1.807) is 12.1 Å². The van der Waals surface area contributed by atoms with Gasteiger partial charge in [-0.2, -0.15) is 0 Å². The molecule has 3 aromatic rings. The van der Waals surface area contributed by atoms with E-state index in [0.29, 0.717) is 5.56 Å². The fourth-order valence-electron chi connectivity index (χ4n) is 2.67. The number of rotatable bonds is 2. The van der Waals surface area contributed by atoms with Gasteiger partial charge < -0.3 is 4.74 Å². The molecule has 0 bridgehead atoms. The van der Waals surface area contributed by atoms with Crippen molar-refractivity contribution in [3.63, 3.8) is 0 Å². The highest BCUT2D eigenvalue weighted by Gasteiger charge is 2.08. The Bertz CT molecular complexity index is 796. The highest BCUT2D eigenvalue weighted by Crippen LogP contribution is 2.31. The molecule has 0 unspecified atom stereocenters. The normalized spacial score (nSPS) is 10.6. The van der Waals surface area contributed by atoms with Gasteiger partial charge in [0.1, 0.15) is 0 Å². The van der Waals surface area contributed by atoms with Crippen LogP contribution in [0.2, 0.25) is 0 Å². The standard InChI is InChI=1S/C19H16O2/c1-13-5-3-6-15-7-4-8-17(18(13)15)14-9-11-16(12-10-14)19(20)21-2/h3-12H,1-2H3. The van der Waals surface area contributed by atoms with Crippen LogP contribution in [0.4, 0.5) is 0 Å². The number of carbonyl (C=O) groups excluding carboxylic acids is 1. The monoisotopic (exact) mass is 276 g/mol. The molecule has 0 aliphatic rings. The van der Waals surface area contributed by atoms with E-state index in [1.165, 1.54) is 29.0 Å². The molecule has 2 heteroatoms. The summed E-state index contributed by atoms with van der Waals surface area (Å²) in [5.74, 6) is -0.310. The fraction of sp³-hybridized carbons (Fsp3) is 0.105. The zero-order chi connectivity index (χ0) is 14.8. The second-order valence-corrected chi connectivity index (χ2v) is 5.05. The maximum absolute atomic E-state index is 11.5. The van der Waals surface area contributed by atoms with Crippen molar-refractivity contribution in [1.29, 1.82) is 0 Å². The molecule has 3 rings (SSSR count). The van der Waals surface area contributed by atoms with Crippen LogP contribution in [0, 0.1) is 6.92 Å². The number of hydrogen-bond donors (Lipinski definition) is 0. The van der Waals surface area contributed by atoms with Gasteiger partial charge in [0.25, 0.3) is 0 Å². The summed E-state index contributed by atoms with van der Waals surface area (Å²) >= 11 is 0. The fourth-order valence-corrected chi connectivity index (χ4v) is 2.67. The number of hydrogen-bond acceptors (Lipinski definition) is 2. The molecule has 2 nitrogen and oxygen atoms in total. The van der Waals surface area contributed by atoms with Gasteiger partial charge >= 0.3 is 5.97 Å². The molecule has 0 spiro atoms. The average Bonchev–Trinajstić information content (AvgIpc) is 2.54. The SMILES string of the molecule is COC(=O)c1ccc(-c2cccc3cccc(C)c23)cc1. The van der Waals surface area contributed by atoms with E-state index in [4.69, 9.17) is 4.74 Å². The molecular formula is C19H16O2. The van der Waals surface area contributed by atoms with Crippen molar-refractivity contribution in [2.75, 3.05) is 7.11 Å². The van der Waals surface area contributed by atoms with Gasteiger partial charge in [-0.1, -0.05) is 48.5 Å². The molecule has 0 fully saturated rings. The van der Waals surface area contributed by atoms with Gasteiger partial charge in [-0.3, -0.25) is 0 Å². The molecule has 0 atom stereocenters. The van der Waals surface area contributed by atoms with Gasteiger partial charge in [0.05, 0.1) is 12.7 Å². The third-order valence-corrected chi connectivity index (χ3v) is 3.73. The summed E-state index contributed by atoms with van der Waals surface area (Å²) in [7, 11) is 1.39. The van der Waals surface area contributed by atoms with Crippen molar-refractivity contribution in [2.24, 2.45) is 0 Å². The first kappa shape index (κ1) is 13.4. The Balaban J connectivity index is 2.15. The lowest BCUT2D eigenvalue weighted by Gasteiger charge is -2.10. The first-order chi connectivity index (χ1) is 10.2. The molecule has 0 saturated carbocycles.